The van der Waals surface area contributed by atoms with E-state index in [-0.39, 0.29) is 0 Å². The maximum atomic E-state index is 6.14. The van der Waals surface area contributed by atoms with Gasteiger partial charge in [0.1, 0.15) is 22.8 Å². The lowest BCUT2D eigenvalue weighted by molar-refractivity contribution is 0.447. The summed E-state index contributed by atoms with van der Waals surface area (Å²) in [5.74, 6) is 8.53. The van der Waals surface area contributed by atoms with E-state index in [0.29, 0.717) is 34.2 Å². The first kappa shape index (κ1) is 21.9. The van der Waals surface area contributed by atoms with Crippen molar-refractivity contribution in [3.8, 4) is 35.0 Å². The van der Waals surface area contributed by atoms with E-state index in [1.54, 1.807) is 12.3 Å². The molecule has 0 amide bonds. The van der Waals surface area contributed by atoms with E-state index in [4.69, 9.17) is 9.47 Å². The maximum Gasteiger partial charge on any atom is 0.255 e. The Morgan fingerprint density at radius 2 is 1.43 bits per heavy atom. The molecule has 0 fully saturated rings. The Bertz CT molecular complexity index is 1520. The summed E-state index contributed by atoms with van der Waals surface area (Å²) in [5.41, 5.74) is 3.50. The molecule has 0 saturated carbocycles. The van der Waals surface area contributed by atoms with Crippen LogP contribution < -0.4 is 14.4 Å². The molecule has 6 nitrogen and oxygen atoms in total. The SMILES string of the molecule is CN(C)c1ccc(C#Cc2nc3ncccc3nc2Oc2cccc(Oc3ccccc3)c2)cc1. The van der Waals surface area contributed by atoms with Crippen molar-refractivity contribution in [3.05, 3.63) is 108 Å². The van der Waals surface area contributed by atoms with Gasteiger partial charge in [-0.2, -0.15) is 0 Å². The highest BCUT2D eigenvalue weighted by Crippen LogP contribution is 2.29. The smallest absolute Gasteiger partial charge is 0.255 e. The molecule has 0 aliphatic rings. The van der Waals surface area contributed by atoms with Crippen molar-refractivity contribution < 1.29 is 9.47 Å². The van der Waals surface area contributed by atoms with E-state index >= 15 is 0 Å². The van der Waals surface area contributed by atoms with E-state index in [0.717, 1.165) is 17.0 Å². The molecule has 35 heavy (non-hydrogen) atoms. The summed E-state index contributed by atoms with van der Waals surface area (Å²) >= 11 is 0. The molecule has 0 N–H and O–H groups in total. The number of aromatic nitrogens is 3. The van der Waals surface area contributed by atoms with E-state index in [1.807, 2.05) is 104 Å². The van der Waals surface area contributed by atoms with Crippen LogP contribution in [0.4, 0.5) is 5.69 Å². The minimum atomic E-state index is 0.305. The molecule has 0 spiro atoms. The third-order valence-corrected chi connectivity index (χ3v) is 5.12. The van der Waals surface area contributed by atoms with Gasteiger partial charge in [0.2, 0.25) is 0 Å². The Kier molecular flexibility index (Phi) is 6.23. The summed E-state index contributed by atoms with van der Waals surface area (Å²) in [5, 5.41) is 0. The van der Waals surface area contributed by atoms with Crippen molar-refractivity contribution >= 4 is 16.9 Å². The molecule has 0 bridgehead atoms. The molecule has 0 unspecified atom stereocenters. The number of para-hydroxylation sites is 1. The summed E-state index contributed by atoms with van der Waals surface area (Å²) in [6.07, 6.45) is 1.68. The average molecular weight is 459 g/mol. The molecule has 0 saturated heterocycles. The molecule has 170 valence electrons. The van der Waals surface area contributed by atoms with E-state index in [9.17, 15) is 0 Å². The molecule has 0 atom stereocenters. The molecule has 6 heteroatoms. The predicted molar refractivity (Wildman–Crippen MR) is 137 cm³/mol. The van der Waals surface area contributed by atoms with Crippen LogP contribution in [0.2, 0.25) is 0 Å². The molecule has 0 aliphatic carbocycles. The van der Waals surface area contributed by atoms with Crippen molar-refractivity contribution in [2.24, 2.45) is 0 Å². The molecular weight excluding hydrogens is 436 g/mol. The Labute approximate surface area is 203 Å². The first-order valence-electron chi connectivity index (χ1n) is 11.1. The molecule has 5 aromatic rings. The van der Waals surface area contributed by atoms with Gasteiger partial charge in [-0.25, -0.2) is 15.0 Å². The standard InChI is InChI=1S/C29H22N4O2/c1-33(2)22-16-13-21(14-17-22)15-18-27-29(32-26-12-7-19-30-28(26)31-27)35-25-11-6-10-24(20-25)34-23-8-4-3-5-9-23/h3-14,16-17,19-20H,1-2H3. The van der Waals surface area contributed by atoms with Crippen LogP contribution in [0.1, 0.15) is 11.3 Å². The van der Waals surface area contributed by atoms with Gasteiger partial charge >= 0.3 is 0 Å². The molecule has 2 aromatic heterocycles. The second-order valence-electron chi connectivity index (χ2n) is 7.91. The Hall–Kier alpha value is -4.89. The minimum absolute atomic E-state index is 0.305. The lowest BCUT2D eigenvalue weighted by Gasteiger charge is -2.11. The molecule has 3 aromatic carbocycles. The molecule has 2 heterocycles. The zero-order valence-corrected chi connectivity index (χ0v) is 19.3. The highest BCUT2D eigenvalue weighted by atomic mass is 16.5. The summed E-state index contributed by atoms with van der Waals surface area (Å²) in [4.78, 5) is 15.6. The number of nitrogens with zero attached hydrogens (tertiary/aromatic N) is 4. The van der Waals surface area contributed by atoms with Gasteiger partial charge in [-0.3, -0.25) is 0 Å². The summed E-state index contributed by atoms with van der Waals surface area (Å²) in [6, 6.07) is 28.6. The fourth-order valence-electron chi connectivity index (χ4n) is 3.34. The summed E-state index contributed by atoms with van der Waals surface area (Å²) in [7, 11) is 4.00. The van der Waals surface area contributed by atoms with Crippen LogP contribution in [0.15, 0.2) is 97.2 Å². The van der Waals surface area contributed by atoms with Crippen LogP contribution in [0.5, 0.6) is 23.1 Å². The normalized spacial score (nSPS) is 10.3. The van der Waals surface area contributed by atoms with Crippen molar-refractivity contribution in [1.82, 2.24) is 15.0 Å². The zero-order valence-electron chi connectivity index (χ0n) is 19.3. The number of hydrogen-bond acceptors (Lipinski definition) is 6. The van der Waals surface area contributed by atoms with Crippen LogP contribution in [-0.2, 0) is 0 Å². The van der Waals surface area contributed by atoms with E-state index in [1.165, 1.54) is 0 Å². The largest absolute Gasteiger partial charge is 0.457 e. The van der Waals surface area contributed by atoms with Crippen LogP contribution in [-0.4, -0.2) is 29.0 Å². The number of anilines is 1. The fourth-order valence-corrected chi connectivity index (χ4v) is 3.34. The Morgan fingerprint density at radius 3 is 2.20 bits per heavy atom. The zero-order chi connectivity index (χ0) is 24.0. The summed E-state index contributed by atoms with van der Waals surface area (Å²) < 4.78 is 12.1. The van der Waals surface area contributed by atoms with Crippen molar-refractivity contribution in [2.45, 2.75) is 0 Å². The summed E-state index contributed by atoms with van der Waals surface area (Å²) in [6.45, 7) is 0. The topological polar surface area (TPSA) is 60.4 Å². The van der Waals surface area contributed by atoms with Crippen LogP contribution in [0.25, 0.3) is 11.2 Å². The highest BCUT2D eigenvalue weighted by Gasteiger charge is 2.11. The van der Waals surface area contributed by atoms with Crippen LogP contribution in [0, 0.1) is 11.8 Å². The first-order valence-corrected chi connectivity index (χ1v) is 11.1. The Morgan fingerprint density at radius 1 is 0.686 bits per heavy atom. The van der Waals surface area contributed by atoms with Gasteiger partial charge < -0.3 is 14.4 Å². The third kappa shape index (κ3) is 5.37. The van der Waals surface area contributed by atoms with Crippen LogP contribution >= 0.6 is 0 Å². The fraction of sp³-hybridized carbons (Fsp3) is 0.0690. The second-order valence-corrected chi connectivity index (χ2v) is 7.91. The molecule has 0 aliphatic heterocycles. The number of fused-ring (bicyclic) bond motifs is 1. The predicted octanol–water partition coefficient (Wildman–Crippen LogP) is 6.08. The molecular formula is C29H22N4O2. The average Bonchev–Trinajstić information content (AvgIpc) is 2.88. The van der Waals surface area contributed by atoms with Gasteiger partial charge in [0.25, 0.3) is 5.88 Å². The number of benzene rings is 3. The van der Waals surface area contributed by atoms with Gasteiger partial charge in [-0.15, -0.1) is 0 Å². The van der Waals surface area contributed by atoms with Gasteiger partial charge in [0.15, 0.2) is 11.3 Å². The molecule has 5 rings (SSSR count). The van der Waals surface area contributed by atoms with Gasteiger partial charge in [-0.05, 0) is 66.6 Å². The quantitative estimate of drug-likeness (QED) is 0.298. The first-order chi connectivity index (χ1) is 17.1. The molecule has 0 radical (unpaired) electrons. The van der Waals surface area contributed by atoms with Crippen molar-refractivity contribution in [3.63, 3.8) is 0 Å². The lowest BCUT2D eigenvalue weighted by atomic mass is 10.2. The number of rotatable bonds is 5. The van der Waals surface area contributed by atoms with Gasteiger partial charge in [0.05, 0.1) is 0 Å². The minimum Gasteiger partial charge on any atom is -0.457 e. The number of ether oxygens (including phenoxy) is 2. The van der Waals surface area contributed by atoms with Gasteiger partial charge in [-0.1, -0.05) is 30.2 Å². The van der Waals surface area contributed by atoms with E-state index in [2.05, 4.69) is 26.8 Å². The number of hydrogen-bond donors (Lipinski definition) is 0. The van der Waals surface area contributed by atoms with Crippen LogP contribution in [0.3, 0.4) is 0 Å². The lowest BCUT2D eigenvalue weighted by Crippen LogP contribution is -2.07. The highest BCUT2D eigenvalue weighted by molar-refractivity contribution is 5.71. The number of pyridine rings is 1. The van der Waals surface area contributed by atoms with Crippen molar-refractivity contribution in [1.29, 1.82) is 0 Å². The maximum absolute atomic E-state index is 6.14. The monoisotopic (exact) mass is 458 g/mol. The van der Waals surface area contributed by atoms with Gasteiger partial charge in [0, 0.05) is 37.6 Å². The second kappa shape index (κ2) is 9.94. The third-order valence-electron chi connectivity index (χ3n) is 5.12. The van der Waals surface area contributed by atoms with Crippen molar-refractivity contribution in [2.75, 3.05) is 19.0 Å². The van der Waals surface area contributed by atoms with E-state index < -0.39 is 0 Å². The Balaban J connectivity index is 1.47.